The summed E-state index contributed by atoms with van der Waals surface area (Å²) in [4.78, 5) is 23.9. The maximum atomic E-state index is 12.4. The van der Waals surface area contributed by atoms with Crippen LogP contribution < -0.4 is 5.32 Å². The van der Waals surface area contributed by atoms with Crippen LogP contribution in [0.25, 0.3) is 0 Å². The van der Waals surface area contributed by atoms with E-state index in [1.807, 2.05) is 31.2 Å². The summed E-state index contributed by atoms with van der Waals surface area (Å²) in [5.41, 5.74) is 1.87. The van der Waals surface area contributed by atoms with E-state index < -0.39 is 11.9 Å². The minimum absolute atomic E-state index is 0.131. The molecule has 2 aliphatic carbocycles. The lowest BCUT2D eigenvalue weighted by Gasteiger charge is -2.27. The van der Waals surface area contributed by atoms with E-state index in [2.05, 4.69) is 5.32 Å². The van der Waals surface area contributed by atoms with Crippen molar-refractivity contribution in [3.05, 3.63) is 29.8 Å². The Balaban J connectivity index is 1.76. The van der Waals surface area contributed by atoms with Crippen LogP contribution in [-0.4, -0.2) is 17.0 Å². The van der Waals surface area contributed by atoms with Crippen molar-refractivity contribution >= 4 is 17.6 Å². The predicted octanol–water partition coefficient (Wildman–Crippen LogP) is 2.68. The SMILES string of the molecule is Cc1ccc(NC(=O)[C@@H]2[C@H]3CC[C@@H](C3)[C@@H]2C(=O)O)cc1. The zero-order valence-corrected chi connectivity index (χ0v) is 11.5. The number of carbonyl (C=O) groups is 2. The molecule has 0 heterocycles. The Morgan fingerprint density at radius 3 is 2.30 bits per heavy atom. The molecule has 0 aromatic heterocycles. The average molecular weight is 273 g/mol. The van der Waals surface area contributed by atoms with Crippen LogP contribution in [0.4, 0.5) is 5.69 Å². The van der Waals surface area contributed by atoms with Gasteiger partial charge in [-0.2, -0.15) is 0 Å². The minimum Gasteiger partial charge on any atom is -0.481 e. The molecule has 1 amide bonds. The first-order valence-electron chi connectivity index (χ1n) is 7.16. The fourth-order valence-corrected chi connectivity index (χ4v) is 3.89. The largest absolute Gasteiger partial charge is 0.481 e. The Morgan fingerprint density at radius 1 is 1.10 bits per heavy atom. The van der Waals surface area contributed by atoms with Gasteiger partial charge in [0.25, 0.3) is 0 Å². The fraction of sp³-hybridized carbons (Fsp3) is 0.500. The second-order valence-corrected chi connectivity index (χ2v) is 6.08. The third-order valence-electron chi connectivity index (χ3n) is 4.82. The second-order valence-electron chi connectivity index (χ2n) is 6.08. The van der Waals surface area contributed by atoms with Crippen LogP contribution in [-0.2, 0) is 9.59 Å². The van der Waals surface area contributed by atoms with Crippen molar-refractivity contribution in [2.75, 3.05) is 5.32 Å². The van der Waals surface area contributed by atoms with Crippen LogP contribution in [0.1, 0.15) is 24.8 Å². The number of nitrogens with one attached hydrogen (secondary N) is 1. The summed E-state index contributed by atoms with van der Waals surface area (Å²) >= 11 is 0. The lowest BCUT2D eigenvalue weighted by Crippen LogP contribution is -2.37. The number of aliphatic carboxylic acids is 1. The fourth-order valence-electron chi connectivity index (χ4n) is 3.89. The van der Waals surface area contributed by atoms with Gasteiger partial charge in [0.2, 0.25) is 5.91 Å². The van der Waals surface area contributed by atoms with Gasteiger partial charge < -0.3 is 10.4 Å². The van der Waals surface area contributed by atoms with Crippen molar-refractivity contribution in [3.8, 4) is 0 Å². The van der Waals surface area contributed by atoms with Gasteiger partial charge in [-0.1, -0.05) is 17.7 Å². The smallest absolute Gasteiger partial charge is 0.307 e. The first kappa shape index (κ1) is 13.2. The van der Waals surface area contributed by atoms with Gasteiger partial charge in [0.1, 0.15) is 0 Å². The molecule has 4 heteroatoms. The molecule has 1 aromatic rings. The van der Waals surface area contributed by atoms with Gasteiger partial charge in [-0.3, -0.25) is 9.59 Å². The highest BCUT2D eigenvalue weighted by molar-refractivity contribution is 5.96. The minimum atomic E-state index is -0.818. The van der Waals surface area contributed by atoms with Crippen LogP contribution in [0.5, 0.6) is 0 Å². The van der Waals surface area contributed by atoms with Crippen LogP contribution in [0.2, 0.25) is 0 Å². The Morgan fingerprint density at radius 2 is 1.70 bits per heavy atom. The number of benzene rings is 1. The molecule has 1 aromatic carbocycles. The van der Waals surface area contributed by atoms with Gasteiger partial charge in [0, 0.05) is 5.69 Å². The Bertz CT molecular complexity index is 537. The lowest BCUT2D eigenvalue weighted by molar-refractivity contribution is -0.148. The molecule has 2 fully saturated rings. The molecular weight excluding hydrogens is 254 g/mol. The van der Waals surface area contributed by atoms with Gasteiger partial charge in [-0.15, -0.1) is 0 Å². The molecule has 0 spiro atoms. The number of carboxylic acids is 1. The summed E-state index contributed by atoms with van der Waals surface area (Å²) < 4.78 is 0. The van der Waals surface area contributed by atoms with Crippen molar-refractivity contribution < 1.29 is 14.7 Å². The zero-order chi connectivity index (χ0) is 14.3. The summed E-state index contributed by atoms with van der Waals surface area (Å²) in [6.07, 6.45) is 2.83. The Hall–Kier alpha value is -1.84. The number of rotatable bonds is 3. The third-order valence-corrected chi connectivity index (χ3v) is 4.82. The molecule has 0 aliphatic heterocycles. The summed E-state index contributed by atoms with van der Waals surface area (Å²) in [6.45, 7) is 1.99. The van der Waals surface area contributed by atoms with E-state index in [9.17, 15) is 14.7 Å². The van der Waals surface area contributed by atoms with E-state index in [0.29, 0.717) is 0 Å². The second kappa shape index (κ2) is 4.93. The van der Waals surface area contributed by atoms with E-state index in [-0.39, 0.29) is 23.7 Å². The molecule has 3 rings (SSSR count). The summed E-state index contributed by atoms with van der Waals surface area (Å²) in [5.74, 6) is -1.39. The van der Waals surface area contributed by atoms with Crippen molar-refractivity contribution in [3.63, 3.8) is 0 Å². The normalized spacial score (nSPS) is 31.2. The number of fused-ring (bicyclic) bond motifs is 2. The molecule has 106 valence electrons. The molecule has 2 N–H and O–H groups in total. The van der Waals surface area contributed by atoms with Crippen LogP contribution >= 0.6 is 0 Å². The van der Waals surface area contributed by atoms with Gasteiger partial charge in [0.15, 0.2) is 0 Å². The van der Waals surface area contributed by atoms with Gasteiger partial charge in [0.05, 0.1) is 11.8 Å². The molecular formula is C16H19NO3. The van der Waals surface area contributed by atoms with Crippen LogP contribution in [0.15, 0.2) is 24.3 Å². The number of aryl methyl sites for hydroxylation is 1. The van der Waals surface area contributed by atoms with Crippen LogP contribution in [0, 0.1) is 30.6 Å². The highest BCUT2D eigenvalue weighted by Gasteiger charge is 2.53. The van der Waals surface area contributed by atoms with Crippen LogP contribution in [0.3, 0.4) is 0 Å². The first-order valence-corrected chi connectivity index (χ1v) is 7.16. The number of carbonyl (C=O) groups excluding carboxylic acids is 1. The highest BCUT2D eigenvalue weighted by atomic mass is 16.4. The van der Waals surface area contributed by atoms with Crippen molar-refractivity contribution in [2.45, 2.75) is 26.2 Å². The van der Waals surface area contributed by atoms with Crippen molar-refractivity contribution in [1.29, 1.82) is 0 Å². The lowest BCUT2D eigenvalue weighted by atomic mass is 9.78. The predicted molar refractivity (Wildman–Crippen MR) is 75.3 cm³/mol. The molecule has 4 atom stereocenters. The number of hydrogen-bond donors (Lipinski definition) is 2. The molecule has 2 bridgehead atoms. The topological polar surface area (TPSA) is 66.4 Å². The highest BCUT2D eigenvalue weighted by Crippen LogP contribution is 2.52. The molecule has 2 saturated carbocycles. The van der Waals surface area contributed by atoms with E-state index in [1.54, 1.807) is 0 Å². The molecule has 2 aliphatic rings. The number of anilines is 1. The monoisotopic (exact) mass is 273 g/mol. The molecule has 20 heavy (non-hydrogen) atoms. The number of carboxylic acid groups (broad SMARTS) is 1. The Labute approximate surface area is 118 Å². The van der Waals surface area contributed by atoms with Gasteiger partial charge in [-0.05, 0) is 50.2 Å². The first-order chi connectivity index (χ1) is 9.56. The quantitative estimate of drug-likeness (QED) is 0.889. The van der Waals surface area contributed by atoms with E-state index in [4.69, 9.17) is 0 Å². The standard InChI is InChI=1S/C16H19NO3/c1-9-2-6-12(7-3-9)17-15(18)13-10-4-5-11(8-10)14(13)16(19)20/h2-3,6-7,10-11,13-14H,4-5,8H2,1H3,(H,17,18)(H,19,20)/t10-,11-,13+,14-/m0/s1. The van der Waals surface area contributed by atoms with E-state index in [1.165, 1.54) is 0 Å². The van der Waals surface area contributed by atoms with E-state index >= 15 is 0 Å². The molecule has 0 radical (unpaired) electrons. The van der Waals surface area contributed by atoms with Crippen molar-refractivity contribution in [2.24, 2.45) is 23.7 Å². The maximum absolute atomic E-state index is 12.4. The van der Waals surface area contributed by atoms with Gasteiger partial charge in [-0.25, -0.2) is 0 Å². The average Bonchev–Trinajstić information content (AvgIpc) is 3.01. The maximum Gasteiger partial charge on any atom is 0.307 e. The number of amides is 1. The molecule has 4 nitrogen and oxygen atoms in total. The zero-order valence-electron chi connectivity index (χ0n) is 11.5. The Kier molecular flexibility index (Phi) is 3.24. The summed E-state index contributed by atoms with van der Waals surface area (Å²) in [7, 11) is 0. The van der Waals surface area contributed by atoms with E-state index in [0.717, 1.165) is 30.5 Å². The number of hydrogen-bond acceptors (Lipinski definition) is 2. The van der Waals surface area contributed by atoms with Gasteiger partial charge >= 0.3 is 5.97 Å². The molecule has 0 saturated heterocycles. The summed E-state index contributed by atoms with van der Waals surface area (Å²) in [5, 5.41) is 12.3. The molecule has 0 unspecified atom stereocenters. The summed E-state index contributed by atoms with van der Waals surface area (Å²) in [6, 6.07) is 7.59. The van der Waals surface area contributed by atoms with Crippen molar-refractivity contribution in [1.82, 2.24) is 0 Å². The third kappa shape index (κ3) is 2.19.